The minimum atomic E-state index is -1.26. The van der Waals surface area contributed by atoms with Gasteiger partial charge in [0.1, 0.15) is 11.5 Å². The van der Waals surface area contributed by atoms with Crippen molar-refractivity contribution < 1.29 is 18.0 Å². The molecule has 1 amide bonds. The number of carbonyl (C=O) groups excluding carboxylic acids is 1. The summed E-state index contributed by atoms with van der Waals surface area (Å²) in [7, 11) is 0. The molecule has 104 valence electrons. The first-order valence-electron chi connectivity index (χ1n) is 5.71. The number of benzene rings is 2. The average Bonchev–Trinajstić information content (AvgIpc) is 2.41. The number of halogens is 3. The molecular formula is C14H11F3N2O. The maximum absolute atomic E-state index is 13.6. The Balaban J connectivity index is 2.38. The summed E-state index contributed by atoms with van der Waals surface area (Å²) in [6.45, 7) is 1.60. The third kappa shape index (κ3) is 2.59. The van der Waals surface area contributed by atoms with E-state index in [1.165, 1.54) is 12.1 Å². The second kappa shape index (κ2) is 5.24. The molecule has 3 nitrogen and oxygen atoms in total. The van der Waals surface area contributed by atoms with Crippen molar-refractivity contribution >= 4 is 17.3 Å². The highest BCUT2D eigenvalue weighted by Gasteiger charge is 2.17. The van der Waals surface area contributed by atoms with Gasteiger partial charge in [0.15, 0.2) is 11.6 Å². The molecule has 2 aromatic rings. The number of nitrogen functional groups attached to an aromatic ring is 1. The maximum atomic E-state index is 13.6. The Labute approximate surface area is 113 Å². The fourth-order valence-electron chi connectivity index (χ4n) is 1.71. The van der Waals surface area contributed by atoms with Crippen LogP contribution in [0.3, 0.4) is 0 Å². The van der Waals surface area contributed by atoms with E-state index in [0.717, 1.165) is 18.2 Å². The first kappa shape index (κ1) is 13.9. The Morgan fingerprint density at radius 2 is 1.85 bits per heavy atom. The molecular weight excluding hydrogens is 269 g/mol. The first-order valence-corrected chi connectivity index (χ1v) is 5.71. The molecule has 0 saturated heterocycles. The summed E-state index contributed by atoms with van der Waals surface area (Å²) in [4.78, 5) is 12.0. The van der Waals surface area contributed by atoms with Crippen LogP contribution in [0.2, 0.25) is 0 Å². The number of rotatable bonds is 2. The zero-order valence-electron chi connectivity index (χ0n) is 10.5. The Morgan fingerprint density at radius 1 is 1.15 bits per heavy atom. The highest BCUT2D eigenvalue weighted by molar-refractivity contribution is 6.06. The van der Waals surface area contributed by atoms with Crippen LogP contribution in [0.1, 0.15) is 15.9 Å². The second-order valence-corrected chi connectivity index (χ2v) is 4.24. The Bertz CT molecular complexity index is 686. The van der Waals surface area contributed by atoms with Crippen LogP contribution in [0.5, 0.6) is 0 Å². The quantitative estimate of drug-likeness (QED) is 0.830. The van der Waals surface area contributed by atoms with Crippen LogP contribution < -0.4 is 11.1 Å². The molecule has 0 spiro atoms. The number of hydrogen-bond acceptors (Lipinski definition) is 2. The molecule has 3 N–H and O–H groups in total. The molecule has 0 aromatic heterocycles. The predicted molar refractivity (Wildman–Crippen MR) is 69.9 cm³/mol. The van der Waals surface area contributed by atoms with Crippen molar-refractivity contribution in [3.8, 4) is 0 Å². The molecule has 0 heterocycles. The molecule has 0 aliphatic rings. The highest BCUT2D eigenvalue weighted by Crippen LogP contribution is 2.25. The molecule has 0 unspecified atom stereocenters. The van der Waals surface area contributed by atoms with Crippen molar-refractivity contribution in [2.75, 3.05) is 11.1 Å². The summed E-state index contributed by atoms with van der Waals surface area (Å²) in [5.74, 6) is -3.76. The van der Waals surface area contributed by atoms with Crippen LogP contribution in [0.4, 0.5) is 24.5 Å². The van der Waals surface area contributed by atoms with Gasteiger partial charge in [-0.2, -0.15) is 0 Å². The first-order chi connectivity index (χ1) is 9.40. The van der Waals surface area contributed by atoms with Gasteiger partial charge in [0.25, 0.3) is 5.91 Å². The van der Waals surface area contributed by atoms with Crippen LogP contribution in [0.15, 0.2) is 30.3 Å². The number of nitrogens with two attached hydrogens (primary N) is 1. The van der Waals surface area contributed by atoms with Crippen LogP contribution in [-0.4, -0.2) is 5.91 Å². The lowest BCUT2D eigenvalue weighted by Crippen LogP contribution is -2.16. The lowest BCUT2D eigenvalue weighted by atomic mass is 10.1. The van der Waals surface area contributed by atoms with Gasteiger partial charge in [-0.05, 0) is 36.8 Å². The van der Waals surface area contributed by atoms with Crippen LogP contribution >= 0.6 is 0 Å². The number of amides is 1. The molecule has 6 heteroatoms. The van der Waals surface area contributed by atoms with Crippen molar-refractivity contribution in [1.82, 2.24) is 0 Å². The van der Waals surface area contributed by atoms with E-state index in [1.807, 2.05) is 0 Å². The van der Waals surface area contributed by atoms with E-state index >= 15 is 0 Å². The summed E-state index contributed by atoms with van der Waals surface area (Å²) < 4.78 is 39.8. The van der Waals surface area contributed by atoms with Gasteiger partial charge in [-0.1, -0.05) is 6.07 Å². The monoisotopic (exact) mass is 280 g/mol. The minimum Gasteiger partial charge on any atom is -0.397 e. The Hall–Kier alpha value is -2.50. The van der Waals surface area contributed by atoms with Gasteiger partial charge < -0.3 is 11.1 Å². The molecule has 0 bridgehead atoms. The SMILES string of the molecule is Cc1ccc(F)cc1C(=O)Nc1c(N)ccc(F)c1F. The third-order valence-corrected chi connectivity index (χ3v) is 2.81. The summed E-state index contributed by atoms with van der Waals surface area (Å²) in [6.07, 6.45) is 0. The van der Waals surface area contributed by atoms with E-state index in [1.54, 1.807) is 6.92 Å². The van der Waals surface area contributed by atoms with Crippen LogP contribution in [0.25, 0.3) is 0 Å². The lowest BCUT2D eigenvalue weighted by molar-refractivity contribution is 0.102. The second-order valence-electron chi connectivity index (χ2n) is 4.24. The molecule has 0 saturated carbocycles. The molecule has 0 atom stereocenters. The third-order valence-electron chi connectivity index (χ3n) is 2.81. The summed E-state index contributed by atoms with van der Waals surface area (Å²) in [5.41, 5.74) is 5.43. The smallest absolute Gasteiger partial charge is 0.256 e. The van der Waals surface area contributed by atoms with Crippen molar-refractivity contribution in [3.63, 3.8) is 0 Å². The van der Waals surface area contributed by atoms with Crippen molar-refractivity contribution in [1.29, 1.82) is 0 Å². The van der Waals surface area contributed by atoms with Gasteiger partial charge in [0, 0.05) is 5.56 Å². The Morgan fingerprint density at radius 3 is 2.55 bits per heavy atom. The minimum absolute atomic E-state index is 0.0214. The number of carbonyl (C=O) groups is 1. The van der Waals surface area contributed by atoms with Crippen LogP contribution in [-0.2, 0) is 0 Å². The standard InChI is InChI=1S/C14H11F3N2O/c1-7-2-3-8(15)6-9(7)14(20)19-13-11(18)5-4-10(16)12(13)17/h2-6H,18H2,1H3,(H,19,20). The van der Waals surface area contributed by atoms with Gasteiger partial charge >= 0.3 is 0 Å². The summed E-state index contributed by atoms with van der Waals surface area (Å²) >= 11 is 0. The van der Waals surface area contributed by atoms with Gasteiger partial charge in [-0.3, -0.25) is 4.79 Å². The van der Waals surface area contributed by atoms with E-state index in [4.69, 9.17) is 5.73 Å². The van der Waals surface area contributed by atoms with Crippen molar-refractivity contribution in [2.24, 2.45) is 0 Å². The summed E-state index contributed by atoms with van der Waals surface area (Å²) in [5, 5.41) is 2.16. The van der Waals surface area contributed by atoms with Gasteiger partial charge in [-0.15, -0.1) is 0 Å². The number of hydrogen-bond donors (Lipinski definition) is 2. The zero-order chi connectivity index (χ0) is 14.9. The van der Waals surface area contributed by atoms with Gasteiger partial charge in [-0.25, -0.2) is 13.2 Å². The molecule has 20 heavy (non-hydrogen) atoms. The highest BCUT2D eigenvalue weighted by atomic mass is 19.2. The molecule has 2 rings (SSSR count). The van der Waals surface area contributed by atoms with Crippen LogP contribution in [0, 0.1) is 24.4 Å². The fourth-order valence-corrected chi connectivity index (χ4v) is 1.71. The van der Waals surface area contributed by atoms with E-state index < -0.39 is 29.0 Å². The molecule has 0 aliphatic heterocycles. The van der Waals surface area contributed by atoms with Gasteiger partial charge in [0.05, 0.1) is 5.69 Å². The number of anilines is 2. The Kier molecular flexibility index (Phi) is 3.65. The molecule has 0 fully saturated rings. The molecule has 2 aromatic carbocycles. The van der Waals surface area contributed by atoms with Crippen molar-refractivity contribution in [3.05, 3.63) is 58.9 Å². The topological polar surface area (TPSA) is 55.1 Å². The normalized spacial score (nSPS) is 10.4. The predicted octanol–water partition coefficient (Wildman–Crippen LogP) is 3.25. The maximum Gasteiger partial charge on any atom is 0.256 e. The van der Waals surface area contributed by atoms with E-state index in [-0.39, 0.29) is 11.3 Å². The lowest BCUT2D eigenvalue weighted by Gasteiger charge is -2.11. The van der Waals surface area contributed by atoms with Crippen molar-refractivity contribution in [2.45, 2.75) is 6.92 Å². The molecule has 0 aliphatic carbocycles. The summed E-state index contributed by atoms with van der Waals surface area (Å²) in [6, 6.07) is 5.61. The van der Waals surface area contributed by atoms with E-state index in [2.05, 4.69) is 5.32 Å². The number of nitrogens with one attached hydrogen (secondary N) is 1. The zero-order valence-corrected chi connectivity index (χ0v) is 10.5. The van der Waals surface area contributed by atoms with Gasteiger partial charge in [0.2, 0.25) is 0 Å². The fraction of sp³-hybridized carbons (Fsp3) is 0.0714. The van der Waals surface area contributed by atoms with E-state index in [9.17, 15) is 18.0 Å². The largest absolute Gasteiger partial charge is 0.397 e. The molecule has 0 radical (unpaired) electrons. The average molecular weight is 280 g/mol. The van der Waals surface area contributed by atoms with E-state index in [0.29, 0.717) is 5.56 Å². The number of aryl methyl sites for hydroxylation is 1.